The number of nitrogens with one attached hydrogen (secondary N) is 1. The number of rotatable bonds is 4. The van der Waals surface area contributed by atoms with Crippen molar-refractivity contribution in [2.24, 2.45) is 4.99 Å². The van der Waals surface area contributed by atoms with Crippen molar-refractivity contribution in [1.82, 2.24) is 15.1 Å². The van der Waals surface area contributed by atoms with Crippen LogP contribution in [0.15, 0.2) is 29.3 Å². The van der Waals surface area contributed by atoms with Gasteiger partial charge in [-0.25, -0.2) is 0 Å². The highest BCUT2D eigenvalue weighted by molar-refractivity contribution is 14.0. The van der Waals surface area contributed by atoms with Crippen LogP contribution in [0.3, 0.4) is 0 Å². The van der Waals surface area contributed by atoms with Crippen molar-refractivity contribution >= 4 is 47.4 Å². The van der Waals surface area contributed by atoms with Crippen LogP contribution >= 0.6 is 35.6 Å². The van der Waals surface area contributed by atoms with Gasteiger partial charge in [-0.3, -0.25) is 9.79 Å². The lowest BCUT2D eigenvalue weighted by Crippen LogP contribution is -2.44. The summed E-state index contributed by atoms with van der Waals surface area (Å²) >= 11 is 6.13. The smallest absolute Gasteiger partial charge is 0.241 e. The summed E-state index contributed by atoms with van der Waals surface area (Å²) in [5.41, 5.74) is 0. The van der Waals surface area contributed by atoms with Gasteiger partial charge in [0.05, 0.1) is 18.1 Å². The SMILES string of the molecule is CN=C(NCC(=O)N(C)C)N1CCC(Oc2ccccc2Cl)C1.I. The minimum Gasteiger partial charge on any atom is -0.487 e. The van der Waals surface area contributed by atoms with Gasteiger partial charge in [-0.05, 0) is 12.1 Å². The Hall–Kier alpha value is -1.22. The van der Waals surface area contributed by atoms with Crippen LogP contribution in [0.25, 0.3) is 0 Å². The van der Waals surface area contributed by atoms with Gasteiger partial charge in [0.25, 0.3) is 0 Å². The normalized spacial score (nSPS) is 17.2. The summed E-state index contributed by atoms with van der Waals surface area (Å²) in [6.45, 7) is 1.76. The number of guanidine groups is 1. The highest BCUT2D eigenvalue weighted by Gasteiger charge is 2.27. The van der Waals surface area contributed by atoms with Crippen LogP contribution in [0.2, 0.25) is 5.02 Å². The molecule has 1 atom stereocenters. The second-order valence-electron chi connectivity index (χ2n) is 5.59. The molecule has 1 amide bonds. The first-order valence-corrected chi connectivity index (χ1v) is 7.96. The summed E-state index contributed by atoms with van der Waals surface area (Å²) in [7, 11) is 5.18. The molecule has 0 aliphatic carbocycles. The Balaban J connectivity index is 0.00000288. The maximum Gasteiger partial charge on any atom is 0.241 e. The minimum atomic E-state index is 0. The molecule has 0 radical (unpaired) electrons. The number of aliphatic imine (C=N–C) groups is 1. The maximum atomic E-state index is 11.7. The van der Waals surface area contributed by atoms with Crippen LogP contribution < -0.4 is 10.1 Å². The lowest BCUT2D eigenvalue weighted by Gasteiger charge is -2.22. The average molecular weight is 467 g/mol. The van der Waals surface area contributed by atoms with Gasteiger partial charge in [0, 0.05) is 34.1 Å². The lowest BCUT2D eigenvalue weighted by molar-refractivity contribution is -0.127. The van der Waals surface area contributed by atoms with Crippen LogP contribution in [0, 0.1) is 0 Å². The molecule has 6 nitrogen and oxygen atoms in total. The van der Waals surface area contributed by atoms with E-state index in [1.165, 1.54) is 0 Å². The quantitative estimate of drug-likeness (QED) is 0.419. The van der Waals surface area contributed by atoms with Crippen LogP contribution in [0.4, 0.5) is 0 Å². The summed E-state index contributed by atoms with van der Waals surface area (Å²) in [5, 5.41) is 3.71. The number of para-hydroxylation sites is 1. The predicted molar refractivity (Wildman–Crippen MR) is 108 cm³/mol. The van der Waals surface area contributed by atoms with Crippen molar-refractivity contribution in [1.29, 1.82) is 0 Å². The Morgan fingerprint density at radius 1 is 1.46 bits per heavy atom. The number of carbonyl (C=O) groups excluding carboxylic acids is 1. The molecule has 1 N–H and O–H groups in total. The van der Waals surface area contributed by atoms with Crippen molar-refractivity contribution in [2.75, 3.05) is 40.8 Å². The molecule has 1 saturated heterocycles. The van der Waals surface area contributed by atoms with Crippen LogP contribution in [-0.4, -0.2) is 68.5 Å². The van der Waals surface area contributed by atoms with Crippen molar-refractivity contribution in [2.45, 2.75) is 12.5 Å². The topological polar surface area (TPSA) is 57.2 Å². The molecular formula is C16H24ClIN4O2. The van der Waals surface area contributed by atoms with E-state index in [2.05, 4.69) is 15.2 Å². The van der Waals surface area contributed by atoms with Gasteiger partial charge < -0.3 is 19.9 Å². The van der Waals surface area contributed by atoms with E-state index >= 15 is 0 Å². The van der Waals surface area contributed by atoms with E-state index in [4.69, 9.17) is 16.3 Å². The molecular weight excluding hydrogens is 443 g/mol. The standard InChI is InChI=1S/C16H23ClN4O2.HI/c1-18-16(19-10-15(22)20(2)3)21-9-8-12(11-21)23-14-7-5-4-6-13(14)17;/h4-7,12H,8-11H2,1-3H3,(H,18,19);1H. The van der Waals surface area contributed by atoms with Gasteiger partial charge in [0.1, 0.15) is 11.9 Å². The van der Waals surface area contributed by atoms with Crippen molar-refractivity contribution in [3.8, 4) is 5.75 Å². The van der Waals surface area contributed by atoms with Gasteiger partial charge >= 0.3 is 0 Å². The van der Waals surface area contributed by atoms with Gasteiger partial charge in [-0.15, -0.1) is 24.0 Å². The predicted octanol–water partition coefficient (Wildman–Crippen LogP) is 2.07. The summed E-state index contributed by atoms with van der Waals surface area (Å²) in [4.78, 5) is 19.5. The highest BCUT2D eigenvalue weighted by atomic mass is 127. The Morgan fingerprint density at radius 2 is 2.17 bits per heavy atom. The Morgan fingerprint density at radius 3 is 2.79 bits per heavy atom. The third-order valence-corrected chi connectivity index (χ3v) is 4.00. The molecule has 0 spiro atoms. The average Bonchev–Trinajstić information content (AvgIpc) is 2.98. The zero-order valence-corrected chi connectivity index (χ0v) is 17.2. The summed E-state index contributed by atoms with van der Waals surface area (Å²) < 4.78 is 5.96. The molecule has 1 fully saturated rings. The highest BCUT2D eigenvalue weighted by Crippen LogP contribution is 2.26. The van der Waals surface area contributed by atoms with E-state index in [1.54, 1.807) is 26.0 Å². The molecule has 1 aliphatic rings. The molecule has 1 heterocycles. The van der Waals surface area contributed by atoms with E-state index in [-0.39, 0.29) is 42.5 Å². The first-order valence-electron chi connectivity index (χ1n) is 7.58. The molecule has 0 bridgehead atoms. The molecule has 8 heteroatoms. The van der Waals surface area contributed by atoms with E-state index < -0.39 is 0 Å². The fraction of sp³-hybridized carbons (Fsp3) is 0.500. The number of halogens is 2. The molecule has 24 heavy (non-hydrogen) atoms. The van der Waals surface area contributed by atoms with Gasteiger partial charge in [0.15, 0.2) is 5.96 Å². The third-order valence-electron chi connectivity index (χ3n) is 3.68. The van der Waals surface area contributed by atoms with E-state index in [0.717, 1.165) is 13.0 Å². The third kappa shape index (κ3) is 5.70. The number of carbonyl (C=O) groups is 1. The summed E-state index contributed by atoms with van der Waals surface area (Å²) in [6, 6.07) is 7.47. The van der Waals surface area contributed by atoms with Crippen molar-refractivity contribution < 1.29 is 9.53 Å². The molecule has 0 saturated carbocycles. The zero-order chi connectivity index (χ0) is 16.8. The fourth-order valence-corrected chi connectivity index (χ4v) is 2.56. The molecule has 1 aromatic rings. The minimum absolute atomic E-state index is 0. The van der Waals surface area contributed by atoms with Gasteiger partial charge in [0.2, 0.25) is 5.91 Å². The number of amides is 1. The fourth-order valence-electron chi connectivity index (χ4n) is 2.38. The maximum absolute atomic E-state index is 11.7. The number of likely N-dealkylation sites (tertiary alicyclic amines) is 1. The second-order valence-corrected chi connectivity index (χ2v) is 6.00. The second kappa shape index (κ2) is 9.93. The van der Waals surface area contributed by atoms with E-state index in [1.807, 2.05) is 24.3 Å². The molecule has 1 aromatic carbocycles. The Labute approximate surface area is 165 Å². The van der Waals surface area contributed by atoms with E-state index in [9.17, 15) is 4.79 Å². The Bertz CT molecular complexity index is 583. The lowest BCUT2D eigenvalue weighted by atomic mass is 10.3. The van der Waals surface area contributed by atoms with Crippen LogP contribution in [0.5, 0.6) is 5.75 Å². The number of hydrogen-bond acceptors (Lipinski definition) is 3. The van der Waals surface area contributed by atoms with Crippen LogP contribution in [-0.2, 0) is 4.79 Å². The Kier molecular flexibility index (Phi) is 8.61. The van der Waals surface area contributed by atoms with Crippen molar-refractivity contribution in [3.05, 3.63) is 29.3 Å². The first kappa shape index (κ1) is 20.8. The number of hydrogen-bond donors (Lipinski definition) is 1. The van der Waals surface area contributed by atoms with E-state index in [0.29, 0.717) is 23.3 Å². The summed E-state index contributed by atoms with van der Waals surface area (Å²) in [5.74, 6) is 1.42. The summed E-state index contributed by atoms with van der Waals surface area (Å²) in [6.07, 6.45) is 0.936. The number of nitrogens with zero attached hydrogens (tertiary/aromatic N) is 3. The van der Waals surface area contributed by atoms with Crippen LogP contribution in [0.1, 0.15) is 6.42 Å². The molecule has 134 valence electrons. The molecule has 0 aromatic heterocycles. The number of benzene rings is 1. The largest absolute Gasteiger partial charge is 0.487 e. The van der Waals surface area contributed by atoms with Crippen molar-refractivity contribution in [3.63, 3.8) is 0 Å². The number of likely N-dealkylation sites (N-methyl/N-ethyl adjacent to an activating group) is 1. The van der Waals surface area contributed by atoms with Gasteiger partial charge in [-0.1, -0.05) is 23.7 Å². The number of ether oxygens (including phenoxy) is 1. The zero-order valence-electron chi connectivity index (χ0n) is 14.2. The molecule has 2 rings (SSSR count). The molecule has 1 aliphatic heterocycles. The monoisotopic (exact) mass is 466 g/mol. The van der Waals surface area contributed by atoms with Gasteiger partial charge in [-0.2, -0.15) is 0 Å². The molecule has 1 unspecified atom stereocenters. The first-order chi connectivity index (χ1) is 11.0.